The minimum atomic E-state index is -1.22. The maximum Gasteiger partial charge on any atom is 0.336 e. The Morgan fingerprint density at radius 1 is 0.811 bits per heavy atom. The molecule has 0 amide bonds. The predicted molar refractivity (Wildman–Crippen MR) is 142 cm³/mol. The van der Waals surface area contributed by atoms with Gasteiger partial charge in [0.05, 0.1) is 38.6 Å². The second-order valence-electron chi connectivity index (χ2n) is 8.46. The van der Waals surface area contributed by atoms with Crippen LogP contribution in [0.3, 0.4) is 0 Å². The average Bonchev–Trinajstić information content (AvgIpc) is 3.36. The van der Waals surface area contributed by atoms with Crippen molar-refractivity contribution >= 4 is 40.1 Å². The highest BCUT2D eigenvalue weighted by Crippen LogP contribution is 2.39. The number of benzene rings is 3. The van der Waals surface area contributed by atoms with Crippen LogP contribution < -0.4 is 14.2 Å². The number of nitrogens with zero attached hydrogens (tertiary/aromatic N) is 2. The summed E-state index contributed by atoms with van der Waals surface area (Å²) in [5.74, 6) is -0.393. The molecule has 0 spiro atoms. The number of hydrogen-bond donors (Lipinski definition) is 1. The Kier molecular flexibility index (Phi) is 7.54. The third kappa shape index (κ3) is 5.17. The first kappa shape index (κ1) is 25.8. The zero-order valence-electron chi connectivity index (χ0n) is 21.1. The van der Waals surface area contributed by atoms with Crippen molar-refractivity contribution in [2.45, 2.75) is 20.3 Å². The van der Waals surface area contributed by atoms with Gasteiger partial charge in [0.25, 0.3) is 0 Å². The second-order valence-corrected chi connectivity index (χ2v) is 8.99. The topological polar surface area (TPSA) is 108 Å². The van der Waals surface area contributed by atoms with Crippen LogP contribution in [0.4, 0.5) is 0 Å². The lowest BCUT2D eigenvalue weighted by molar-refractivity contribution is -0.130. The van der Waals surface area contributed by atoms with Gasteiger partial charge < -0.3 is 19.3 Å². The molecule has 1 heterocycles. The number of ether oxygens (including phenoxy) is 3. The molecular weight excluding hydrogens is 492 g/mol. The van der Waals surface area contributed by atoms with Crippen LogP contribution >= 0.6 is 11.7 Å². The van der Waals surface area contributed by atoms with Crippen molar-refractivity contribution in [2.75, 3.05) is 21.3 Å². The number of carboxylic acids is 1. The molecule has 4 aromatic rings. The maximum atomic E-state index is 13.9. The highest BCUT2D eigenvalue weighted by atomic mass is 32.1. The lowest BCUT2D eigenvalue weighted by Gasteiger charge is -2.17. The van der Waals surface area contributed by atoms with Crippen molar-refractivity contribution in [3.8, 4) is 17.2 Å². The van der Waals surface area contributed by atoms with Crippen LogP contribution in [0.25, 0.3) is 16.6 Å². The molecule has 0 unspecified atom stereocenters. The fourth-order valence-electron chi connectivity index (χ4n) is 4.15. The van der Waals surface area contributed by atoms with Crippen molar-refractivity contribution in [3.05, 3.63) is 81.9 Å². The molecule has 190 valence electrons. The Hall–Kier alpha value is -4.24. The van der Waals surface area contributed by atoms with E-state index in [0.717, 1.165) is 22.9 Å². The molecule has 0 saturated heterocycles. The van der Waals surface area contributed by atoms with Gasteiger partial charge in [0.1, 0.15) is 11.0 Å². The molecule has 4 rings (SSSR count). The molecule has 37 heavy (non-hydrogen) atoms. The van der Waals surface area contributed by atoms with Crippen LogP contribution in [0.2, 0.25) is 0 Å². The molecule has 0 fully saturated rings. The summed E-state index contributed by atoms with van der Waals surface area (Å²) in [4.78, 5) is 26.6. The molecule has 0 aliphatic heterocycles. The number of carbonyl (C=O) groups excluding carboxylic acids is 1. The molecule has 1 aromatic heterocycles. The predicted octanol–water partition coefficient (Wildman–Crippen LogP) is 5.30. The minimum absolute atomic E-state index is 0.0114. The van der Waals surface area contributed by atoms with Crippen LogP contribution in [-0.4, -0.2) is 46.9 Å². The lowest BCUT2D eigenvalue weighted by atomic mass is 9.88. The van der Waals surface area contributed by atoms with E-state index in [1.807, 2.05) is 19.9 Å². The van der Waals surface area contributed by atoms with E-state index in [2.05, 4.69) is 8.75 Å². The number of rotatable bonds is 9. The molecule has 0 atom stereocenters. The summed E-state index contributed by atoms with van der Waals surface area (Å²) in [7, 11) is 4.50. The molecule has 0 aliphatic rings. The van der Waals surface area contributed by atoms with Crippen LogP contribution in [0.15, 0.2) is 54.1 Å². The summed E-state index contributed by atoms with van der Waals surface area (Å²) >= 11 is 1.04. The Bertz CT molecular complexity index is 1510. The number of hydrogen-bond acceptors (Lipinski definition) is 8. The molecule has 0 bridgehead atoms. The normalized spacial score (nSPS) is 11.7. The Balaban J connectivity index is 1.95. The van der Waals surface area contributed by atoms with Crippen molar-refractivity contribution in [1.29, 1.82) is 0 Å². The number of ketones is 1. The van der Waals surface area contributed by atoms with E-state index in [0.29, 0.717) is 45.0 Å². The minimum Gasteiger partial charge on any atom is -0.493 e. The summed E-state index contributed by atoms with van der Waals surface area (Å²) in [5.41, 5.74) is 4.60. The summed E-state index contributed by atoms with van der Waals surface area (Å²) in [5, 5.41) is 10.4. The van der Waals surface area contributed by atoms with Gasteiger partial charge >= 0.3 is 5.97 Å². The second kappa shape index (κ2) is 10.8. The average molecular weight is 519 g/mol. The van der Waals surface area contributed by atoms with Gasteiger partial charge in [0.15, 0.2) is 17.3 Å². The number of aryl methyl sites for hydroxylation is 2. The first-order valence-corrected chi connectivity index (χ1v) is 12.1. The van der Waals surface area contributed by atoms with Gasteiger partial charge in [0, 0.05) is 17.6 Å². The summed E-state index contributed by atoms with van der Waals surface area (Å²) in [6, 6.07) is 13.8. The number of fused-ring (bicyclic) bond motifs is 1. The van der Waals surface area contributed by atoms with Gasteiger partial charge in [-0.05, 0) is 66.4 Å². The quantitative estimate of drug-likeness (QED) is 0.235. The molecular formula is C28H26N2O6S. The van der Waals surface area contributed by atoms with Gasteiger partial charge in [-0.3, -0.25) is 4.79 Å². The SMILES string of the molecule is COc1cc(CC(C(=O)c2ccc(C)c(C)c2)=C(C(=O)O)c2ccc3nsnc3c2)cc(OC)c1OC. The largest absolute Gasteiger partial charge is 0.493 e. The van der Waals surface area contributed by atoms with E-state index in [9.17, 15) is 14.7 Å². The molecule has 0 saturated carbocycles. The fraction of sp³-hybridized carbons (Fsp3) is 0.214. The third-order valence-electron chi connectivity index (χ3n) is 6.21. The van der Waals surface area contributed by atoms with E-state index in [-0.39, 0.29) is 23.4 Å². The van der Waals surface area contributed by atoms with Gasteiger partial charge in [-0.1, -0.05) is 18.2 Å². The van der Waals surface area contributed by atoms with Crippen LogP contribution in [0.1, 0.15) is 32.6 Å². The van der Waals surface area contributed by atoms with Gasteiger partial charge in [0.2, 0.25) is 5.75 Å². The van der Waals surface area contributed by atoms with E-state index in [1.165, 1.54) is 21.3 Å². The first-order valence-electron chi connectivity index (χ1n) is 11.4. The van der Waals surface area contributed by atoms with Crippen LogP contribution in [0.5, 0.6) is 17.2 Å². The molecule has 3 aromatic carbocycles. The number of methoxy groups -OCH3 is 3. The molecule has 8 nitrogen and oxygen atoms in total. The van der Waals surface area contributed by atoms with Crippen molar-refractivity contribution < 1.29 is 28.9 Å². The third-order valence-corrected chi connectivity index (χ3v) is 6.76. The Labute approximate surface area is 218 Å². The van der Waals surface area contributed by atoms with Crippen LogP contribution in [0, 0.1) is 13.8 Å². The van der Waals surface area contributed by atoms with Crippen LogP contribution in [-0.2, 0) is 11.2 Å². The van der Waals surface area contributed by atoms with E-state index >= 15 is 0 Å². The smallest absolute Gasteiger partial charge is 0.336 e. The molecule has 0 aliphatic carbocycles. The molecule has 9 heteroatoms. The lowest BCUT2D eigenvalue weighted by Crippen LogP contribution is -2.14. The Morgan fingerprint density at radius 3 is 2.05 bits per heavy atom. The summed E-state index contributed by atoms with van der Waals surface area (Å²) < 4.78 is 24.8. The van der Waals surface area contributed by atoms with E-state index in [4.69, 9.17) is 14.2 Å². The monoisotopic (exact) mass is 518 g/mol. The zero-order valence-corrected chi connectivity index (χ0v) is 21.9. The zero-order chi connectivity index (χ0) is 26.7. The highest BCUT2D eigenvalue weighted by molar-refractivity contribution is 7.00. The Morgan fingerprint density at radius 2 is 1.46 bits per heavy atom. The van der Waals surface area contributed by atoms with Gasteiger partial charge in [-0.2, -0.15) is 8.75 Å². The maximum absolute atomic E-state index is 13.9. The first-order chi connectivity index (χ1) is 17.8. The number of Topliss-reactive ketones (excluding diaryl/α,β-unsaturated/α-hetero) is 1. The fourth-order valence-corrected chi connectivity index (χ4v) is 4.66. The molecule has 1 N–H and O–H groups in total. The van der Waals surface area contributed by atoms with Crippen molar-refractivity contribution in [1.82, 2.24) is 8.75 Å². The highest BCUT2D eigenvalue weighted by Gasteiger charge is 2.26. The molecule has 0 radical (unpaired) electrons. The van der Waals surface area contributed by atoms with Gasteiger partial charge in [-0.15, -0.1) is 0 Å². The standard InChI is InChI=1S/C28H26N2O6S/c1-15-6-7-19(10-16(15)2)26(31)20(11-17-12-23(34-3)27(36-5)24(13-17)35-4)25(28(32)33)18-8-9-21-22(14-18)30-37-29-21/h6-10,12-14H,11H2,1-5H3,(H,32,33). The van der Waals surface area contributed by atoms with E-state index in [1.54, 1.807) is 42.5 Å². The van der Waals surface area contributed by atoms with E-state index < -0.39 is 5.97 Å². The van der Waals surface area contributed by atoms with Crippen molar-refractivity contribution in [2.24, 2.45) is 0 Å². The number of allylic oxidation sites excluding steroid dienone is 1. The number of carboxylic acid groups (broad SMARTS) is 1. The summed E-state index contributed by atoms with van der Waals surface area (Å²) in [6.45, 7) is 3.87. The van der Waals surface area contributed by atoms with Crippen molar-refractivity contribution in [3.63, 3.8) is 0 Å². The number of aliphatic carboxylic acids is 1. The van der Waals surface area contributed by atoms with Gasteiger partial charge in [-0.25, -0.2) is 4.79 Å². The number of aromatic nitrogens is 2. The summed E-state index contributed by atoms with van der Waals surface area (Å²) in [6.07, 6.45) is 0.0114. The number of carbonyl (C=O) groups is 2.